The lowest BCUT2D eigenvalue weighted by Crippen LogP contribution is -2.70. The first-order valence-corrected chi connectivity index (χ1v) is 8.36. The van der Waals surface area contributed by atoms with Crippen molar-refractivity contribution in [1.29, 1.82) is 0 Å². The number of carbonyl (C=O) groups excluding carboxylic acids is 2. The Labute approximate surface area is 148 Å². The van der Waals surface area contributed by atoms with Crippen molar-refractivity contribution in [1.82, 2.24) is 20.0 Å². The monoisotopic (exact) mass is 358 g/mol. The summed E-state index contributed by atoms with van der Waals surface area (Å²) < 4.78 is 6.73. The summed E-state index contributed by atoms with van der Waals surface area (Å²) >= 11 is 0. The zero-order valence-corrected chi connectivity index (χ0v) is 14.0. The van der Waals surface area contributed by atoms with Crippen LogP contribution in [0.3, 0.4) is 0 Å². The van der Waals surface area contributed by atoms with Gasteiger partial charge in [0.1, 0.15) is 5.56 Å². The number of ether oxygens (including phenoxy) is 1. The van der Waals surface area contributed by atoms with Gasteiger partial charge in [0, 0.05) is 31.8 Å². The molecule has 1 aliphatic heterocycles. The highest BCUT2D eigenvalue weighted by atomic mass is 16.5. The van der Waals surface area contributed by atoms with Crippen LogP contribution >= 0.6 is 0 Å². The Balaban J connectivity index is 1.60. The lowest BCUT2D eigenvalue weighted by Gasteiger charge is -2.47. The van der Waals surface area contributed by atoms with Gasteiger partial charge in [0.25, 0.3) is 11.5 Å². The fourth-order valence-electron chi connectivity index (χ4n) is 3.79. The summed E-state index contributed by atoms with van der Waals surface area (Å²) in [5.41, 5.74) is -0.617. The third-order valence-corrected chi connectivity index (χ3v) is 5.01. The van der Waals surface area contributed by atoms with Crippen molar-refractivity contribution in [2.24, 2.45) is 5.92 Å². The number of rotatable bonds is 3. The van der Waals surface area contributed by atoms with Crippen LogP contribution in [0, 0.1) is 5.92 Å². The summed E-state index contributed by atoms with van der Waals surface area (Å²) in [7, 11) is 0. The minimum absolute atomic E-state index is 0.0815. The molecule has 0 spiro atoms. The van der Waals surface area contributed by atoms with E-state index in [4.69, 9.17) is 4.74 Å². The molecule has 4 atom stereocenters. The molecule has 2 amide bonds. The van der Waals surface area contributed by atoms with E-state index in [9.17, 15) is 19.5 Å². The van der Waals surface area contributed by atoms with E-state index in [0.717, 1.165) is 17.0 Å². The zero-order chi connectivity index (χ0) is 18.4. The minimum atomic E-state index is -0.571. The number of nitrogens with one attached hydrogen (secondary N) is 2. The first-order valence-electron chi connectivity index (χ1n) is 8.36. The Morgan fingerprint density at radius 3 is 2.92 bits per heavy atom. The van der Waals surface area contributed by atoms with Crippen molar-refractivity contribution in [2.45, 2.75) is 31.5 Å². The fourth-order valence-corrected chi connectivity index (χ4v) is 3.79. The molecular weight excluding hydrogens is 340 g/mol. The minimum Gasteiger partial charge on any atom is -0.504 e. The number of hydrogen-bond donors (Lipinski definition) is 3. The molecule has 136 valence electrons. The Kier molecular flexibility index (Phi) is 3.87. The van der Waals surface area contributed by atoms with Gasteiger partial charge in [-0.1, -0.05) is 0 Å². The zero-order valence-electron chi connectivity index (χ0n) is 14.0. The lowest BCUT2D eigenvalue weighted by molar-refractivity contribution is -0.123. The van der Waals surface area contributed by atoms with Crippen LogP contribution in [0.4, 0.5) is 0 Å². The van der Waals surface area contributed by atoms with Gasteiger partial charge in [-0.3, -0.25) is 18.8 Å². The van der Waals surface area contributed by atoms with Crippen LogP contribution in [-0.2, 0) is 9.53 Å². The standard InChI is InChI=1S/C17H18N4O5/c1-8(22)19-13-12(9-4-6-26-14(9)13)20-16(24)10-7-18-15-11(23)3-2-5-21(15)17(10)25/h2-3,5,7,9,12-14,23H,4,6H2,1H3,(H,19,22)(H,20,24)/t9-,12+,13-,14-/m1/s1. The van der Waals surface area contributed by atoms with Crippen LogP contribution in [0.2, 0.25) is 0 Å². The van der Waals surface area contributed by atoms with E-state index in [1.807, 2.05) is 0 Å². The van der Waals surface area contributed by atoms with Crippen molar-refractivity contribution in [3.8, 4) is 5.75 Å². The summed E-state index contributed by atoms with van der Waals surface area (Å²) in [5.74, 6) is -0.805. The number of aromatic hydroxyl groups is 1. The third kappa shape index (κ3) is 2.51. The van der Waals surface area contributed by atoms with E-state index in [1.165, 1.54) is 25.3 Å². The van der Waals surface area contributed by atoms with Crippen LogP contribution < -0.4 is 16.2 Å². The van der Waals surface area contributed by atoms with E-state index in [-0.39, 0.29) is 47.0 Å². The van der Waals surface area contributed by atoms with Crippen molar-refractivity contribution in [3.05, 3.63) is 40.4 Å². The number of amides is 2. The van der Waals surface area contributed by atoms with E-state index in [1.54, 1.807) is 0 Å². The molecule has 2 aromatic rings. The maximum absolute atomic E-state index is 12.6. The highest BCUT2D eigenvalue weighted by Gasteiger charge is 2.55. The molecule has 26 heavy (non-hydrogen) atoms. The molecule has 9 nitrogen and oxygen atoms in total. The van der Waals surface area contributed by atoms with E-state index in [0.29, 0.717) is 6.61 Å². The molecule has 1 saturated heterocycles. The highest BCUT2D eigenvalue weighted by molar-refractivity contribution is 5.94. The van der Waals surface area contributed by atoms with Gasteiger partial charge >= 0.3 is 0 Å². The second-order valence-corrected chi connectivity index (χ2v) is 6.58. The SMILES string of the molecule is CC(=O)N[C@@H]1[C@@H](NC(=O)c2cnc3c(O)cccn3c2=O)[C@H]2CCO[C@H]21. The Morgan fingerprint density at radius 1 is 1.35 bits per heavy atom. The number of hydrogen-bond acceptors (Lipinski definition) is 6. The van der Waals surface area contributed by atoms with Crippen molar-refractivity contribution in [3.63, 3.8) is 0 Å². The van der Waals surface area contributed by atoms with Crippen molar-refractivity contribution in [2.75, 3.05) is 6.61 Å². The quantitative estimate of drug-likeness (QED) is 0.675. The summed E-state index contributed by atoms with van der Waals surface area (Å²) in [6.45, 7) is 1.99. The Hall–Kier alpha value is -2.94. The van der Waals surface area contributed by atoms with Crippen LogP contribution in [0.15, 0.2) is 29.3 Å². The molecule has 3 heterocycles. The largest absolute Gasteiger partial charge is 0.504 e. The molecule has 2 fully saturated rings. The first kappa shape index (κ1) is 16.5. The lowest BCUT2D eigenvalue weighted by atomic mass is 9.71. The van der Waals surface area contributed by atoms with Crippen LogP contribution in [-0.4, -0.2) is 51.1 Å². The maximum atomic E-state index is 12.6. The number of pyridine rings is 1. The Bertz CT molecular complexity index is 956. The smallest absolute Gasteiger partial charge is 0.270 e. The second kappa shape index (κ2) is 6.10. The van der Waals surface area contributed by atoms with Gasteiger partial charge in [-0.15, -0.1) is 0 Å². The van der Waals surface area contributed by atoms with Gasteiger partial charge in [0.2, 0.25) is 5.91 Å². The van der Waals surface area contributed by atoms with Gasteiger partial charge in [-0.05, 0) is 18.6 Å². The van der Waals surface area contributed by atoms with E-state index < -0.39 is 11.5 Å². The van der Waals surface area contributed by atoms with Gasteiger partial charge < -0.3 is 20.5 Å². The first-order chi connectivity index (χ1) is 12.5. The fraction of sp³-hybridized carbons (Fsp3) is 0.412. The van der Waals surface area contributed by atoms with E-state index >= 15 is 0 Å². The summed E-state index contributed by atoms with van der Waals surface area (Å²) in [6.07, 6.45) is 3.26. The molecule has 0 radical (unpaired) electrons. The molecule has 4 rings (SSSR count). The predicted octanol–water partition coefficient (Wildman–Crippen LogP) is -0.578. The van der Waals surface area contributed by atoms with Gasteiger partial charge in [0.05, 0.1) is 18.2 Å². The molecule has 1 saturated carbocycles. The number of fused-ring (bicyclic) bond motifs is 2. The summed E-state index contributed by atoms with van der Waals surface area (Å²) in [5, 5.41) is 15.4. The Morgan fingerprint density at radius 2 is 2.15 bits per heavy atom. The normalized spacial score (nSPS) is 26.8. The summed E-state index contributed by atoms with van der Waals surface area (Å²) in [6, 6.07) is 2.29. The number of nitrogens with zero attached hydrogens (tertiary/aromatic N) is 2. The number of carbonyl (C=O) groups is 2. The van der Waals surface area contributed by atoms with E-state index in [2.05, 4.69) is 15.6 Å². The molecule has 2 aromatic heterocycles. The molecule has 2 aliphatic rings. The average Bonchev–Trinajstić information content (AvgIpc) is 3.03. The van der Waals surface area contributed by atoms with Gasteiger partial charge in [0.15, 0.2) is 11.4 Å². The van der Waals surface area contributed by atoms with Crippen molar-refractivity contribution < 1.29 is 19.4 Å². The third-order valence-electron chi connectivity index (χ3n) is 5.01. The molecular formula is C17H18N4O5. The molecule has 1 aliphatic carbocycles. The van der Waals surface area contributed by atoms with Gasteiger partial charge in [-0.25, -0.2) is 4.98 Å². The molecule has 0 unspecified atom stereocenters. The molecule has 0 bridgehead atoms. The topological polar surface area (TPSA) is 122 Å². The molecule has 9 heteroatoms. The average molecular weight is 358 g/mol. The second-order valence-electron chi connectivity index (χ2n) is 6.58. The molecule has 0 aromatic carbocycles. The predicted molar refractivity (Wildman–Crippen MR) is 89.8 cm³/mol. The van der Waals surface area contributed by atoms with Crippen LogP contribution in [0.1, 0.15) is 23.7 Å². The van der Waals surface area contributed by atoms with Crippen molar-refractivity contribution >= 4 is 17.5 Å². The highest BCUT2D eigenvalue weighted by Crippen LogP contribution is 2.39. The maximum Gasteiger partial charge on any atom is 0.270 e. The van der Waals surface area contributed by atoms with Gasteiger partial charge in [-0.2, -0.15) is 0 Å². The molecule has 3 N–H and O–H groups in total. The summed E-state index contributed by atoms with van der Waals surface area (Å²) in [4.78, 5) is 40.6. The van der Waals surface area contributed by atoms with Crippen LogP contribution in [0.5, 0.6) is 5.75 Å². The number of aromatic nitrogens is 2. The van der Waals surface area contributed by atoms with Crippen LogP contribution in [0.25, 0.3) is 5.65 Å².